The minimum atomic E-state index is -0.931. The van der Waals surface area contributed by atoms with Gasteiger partial charge in [0.2, 0.25) is 0 Å². The zero-order valence-corrected chi connectivity index (χ0v) is 7.79. The van der Waals surface area contributed by atoms with E-state index in [1.54, 1.807) is 13.0 Å². The van der Waals surface area contributed by atoms with Crippen LogP contribution in [0.4, 0.5) is 4.39 Å². The highest BCUT2D eigenvalue weighted by molar-refractivity contribution is 5.66. The van der Waals surface area contributed by atoms with Crippen molar-refractivity contribution in [3.05, 3.63) is 29.6 Å². The van der Waals surface area contributed by atoms with Crippen molar-refractivity contribution in [2.24, 2.45) is 0 Å². The first-order valence-corrected chi connectivity index (χ1v) is 4.21. The summed E-state index contributed by atoms with van der Waals surface area (Å²) in [7, 11) is 0. The van der Waals surface area contributed by atoms with Gasteiger partial charge >= 0.3 is 5.97 Å². The maximum atomic E-state index is 13.0. The Balaban J connectivity index is 2.59. The third kappa shape index (κ3) is 2.73. The molecule has 0 saturated carbocycles. The summed E-state index contributed by atoms with van der Waals surface area (Å²) in [5, 5.41) is 8.36. The first-order chi connectivity index (χ1) is 6.61. The Labute approximate surface area is 81.1 Å². The predicted molar refractivity (Wildman–Crippen MR) is 48.9 cm³/mol. The molecule has 0 aliphatic heterocycles. The molecule has 0 heterocycles. The first kappa shape index (κ1) is 10.5. The molecule has 0 aromatic heterocycles. The molecule has 0 spiro atoms. The normalized spacial score (nSPS) is 9.86. The van der Waals surface area contributed by atoms with E-state index in [1.165, 1.54) is 12.1 Å². The SMILES string of the molecule is Cc1c(F)cccc1OCCC(=O)O. The van der Waals surface area contributed by atoms with Crippen molar-refractivity contribution in [2.75, 3.05) is 6.61 Å². The summed E-state index contributed by atoms with van der Waals surface area (Å²) in [6.07, 6.45) is -0.0873. The van der Waals surface area contributed by atoms with Crippen LogP contribution in [0.5, 0.6) is 5.75 Å². The summed E-state index contributed by atoms with van der Waals surface area (Å²) in [4.78, 5) is 10.2. The van der Waals surface area contributed by atoms with Crippen LogP contribution in [0.3, 0.4) is 0 Å². The Morgan fingerprint density at radius 3 is 2.93 bits per heavy atom. The minimum absolute atomic E-state index is 0.0552. The van der Waals surface area contributed by atoms with Crippen LogP contribution in [0.25, 0.3) is 0 Å². The van der Waals surface area contributed by atoms with Gasteiger partial charge in [-0.2, -0.15) is 0 Å². The predicted octanol–water partition coefficient (Wildman–Crippen LogP) is 1.99. The highest BCUT2D eigenvalue weighted by Gasteiger charge is 2.04. The third-order valence-electron chi connectivity index (χ3n) is 1.79. The Bertz CT molecular complexity index is 336. The van der Waals surface area contributed by atoms with E-state index in [9.17, 15) is 9.18 Å². The van der Waals surface area contributed by atoms with Crippen molar-refractivity contribution in [1.82, 2.24) is 0 Å². The van der Waals surface area contributed by atoms with E-state index in [1.807, 2.05) is 0 Å². The summed E-state index contributed by atoms with van der Waals surface area (Å²) in [6.45, 7) is 1.64. The van der Waals surface area contributed by atoms with Crippen LogP contribution >= 0.6 is 0 Å². The number of ether oxygens (including phenoxy) is 1. The molecule has 0 saturated heterocycles. The summed E-state index contributed by atoms with van der Waals surface area (Å²) in [6, 6.07) is 4.47. The molecule has 76 valence electrons. The van der Waals surface area contributed by atoms with Gasteiger partial charge in [-0.25, -0.2) is 4.39 Å². The molecule has 0 aliphatic carbocycles. The molecule has 1 aromatic rings. The molecule has 0 radical (unpaired) electrons. The first-order valence-electron chi connectivity index (χ1n) is 4.21. The van der Waals surface area contributed by atoms with Crippen LogP contribution < -0.4 is 4.74 Å². The van der Waals surface area contributed by atoms with E-state index in [4.69, 9.17) is 9.84 Å². The second-order valence-electron chi connectivity index (χ2n) is 2.86. The highest BCUT2D eigenvalue weighted by atomic mass is 19.1. The number of rotatable bonds is 4. The smallest absolute Gasteiger partial charge is 0.306 e. The van der Waals surface area contributed by atoms with Crippen molar-refractivity contribution < 1.29 is 19.0 Å². The fourth-order valence-electron chi connectivity index (χ4n) is 0.992. The molecular formula is C10H11FO3. The van der Waals surface area contributed by atoms with E-state index < -0.39 is 5.97 Å². The maximum Gasteiger partial charge on any atom is 0.306 e. The van der Waals surface area contributed by atoms with Crippen LogP contribution in [0, 0.1) is 12.7 Å². The van der Waals surface area contributed by atoms with E-state index >= 15 is 0 Å². The van der Waals surface area contributed by atoms with Crippen LogP contribution in [0.15, 0.2) is 18.2 Å². The zero-order valence-electron chi connectivity index (χ0n) is 7.79. The number of hydrogen-bond donors (Lipinski definition) is 1. The lowest BCUT2D eigenvalue weighted by atomic mass is 10.2. The number of hydrogen-bond acceptors (Lipinski definition) is 2. The fourth-order valence-corrected chi connectivity index (χ4v) is 0.992. The highest BCUT2D eigenvalue weighted by Crippen LogP contribution is 2.19. The van der Waals surface area contributed by atoms with Crippen molar-refractivity contribution >= 4 is 5.97 Å². The van der Waals surface area contributed by atoms with Gasteiger partial charge in [0, 0.05) is 5.56 Å². The van der Waals surface area contributed by atoms with Gasteiger partial charge in [-0.15, -0.1) is 0 Å². The fraction of sp³-hybridized carbons (Fsp3) is 0.300. The second kappa shape index (κ2) is 4.60. The van der Waals surface area contributed by atoms with E-state index in [0.29, 0.717) is 11.3 Å². The molecule has 0 amide bonds. The largest absolute Gasteiger partial charge is 0.493 e. The lowest BCUT2D eigenvalue weighted by Gasteiger charge is -2.07. The standard InChI is InChI=1S/C10H11FO3/c1-7-8(11)3-2-4-9(7)14-6-5-10(12)13/h2-4H,5-6H2,1H3,(H,12,13). The van der Waals surface area contributed by atoms with Gasteiger partial charge in [-0.05, 0) is 19.1 Å². The summed E-state index contributed by atoms with van der Waals surface area (Å²) >= 11 is 0. The number of benzene rings is 1. The average molecular weight is 198 g/mol. The van der Waals surface area contributed by atoms with E-state index in [-0.39, 0.29) is 18.8 Å². The van der Waals surface area contributed by atoms with Crippen molar-refractivity contribution in [2.45, 2.75) is 13.3 Å². The van der Waals surface area contributed by atoms with Crippen molar-refractivity contribution in [1.29, 1.82) is 0 Å². The molecule has 0 bridgehead atoms. The van der Waals surface area contributed by atoms with Gasteiger partial charge in [-0.3, -0.25) is 4.79 Å². The van der Waals surface area contributed by atoms with Crippen LogP contribution in [-0.2, 0) is 4.79 Å². The third-order valence-corrected chi connectivity index (χ3v) is 1.79. The second-order valence-corrected chi connectivity index (χ2v) is 2.86. The molecule has 3 nitrogen and oxygen atoms in total. The molecule has 1 N–H and O–H groups in total. The van der Waals surface area contributed by atoms with Gasteiger partial charge in [-0.1, -0.05) is 6.07 Å². The molecule has 1 aromatic carbocycles. The number of carboxylic acid groups (broad SMARTS) is 1. The Hall–Kier alpha value is -1.58. The van der Waals surface area contributed by atoms with Gasteiger partial charge in [0.15, 0.2) is 0 Å². The number of carboxylic acids is 1. The topological polar surface area (TPSA) is 46.5 Å². The number of aliphatic carboxylic acids is 1. The Kier molecular flexibility index (Phi) is 3.45. The molecular weight excluding hydrogens is 187 g/mol. The van der Waals surface area contributed by atoms with Crippen molar-refractivity contribution in [3.8, 4) is 5.75 Å². The molecule has 4 heteroatoms. The summed E-state index contributed by atoms with van der Waals surface area (Å²) in [5.41, 5.74) is 0.401. The summed E-state index contributed by atoms with van der Waals surface area (Å²) in [5.74, 6) is -0.886. The molecule has 14 heavy (non-hydrogen) atoms. The monoisotopic (exact) mass is 198 g/mol. The zero-order chi connectivity index (χ0) is 10.6. The Morgan fingerprint density at radius 1 is 1.57 bits per heavy atom. The molecule has 0 fully saturated rings. The average Bonchev–Trinajstić information content (AvgIpc) is 2.12. The van der Waals surface area contributed by atoms with Crippen molar-refractivity contribution in [3.63, 3.8) is 0 Å². The van der Waals surface area contributed by atoms with Gasteiger partial charge in [0.1, 0.15) is 11.6 Å². The van der Waals surface area contributed by atoms with Gasteiger partial charge in [0.05, 0.1) is 13.0 Å². The molecule has 0 aliphatic rings. The Morgan fingerprint density at radius 2 is 2.29 bits per heavy atom. The van der Waals surface area contributed by atoms with Crippen LogP contribution in [0.1, 0.15) is 12.0 Å². The number of carbonyl (C=O) groups is 1. The minimum Gasteiger partial charge on any atom is -0.493 e. The van der Waals surface area contributed by atoms with E-state index in [0.717, 1.165) is 0 Å². The molecule has 0 atom stereocenters. The van der Waals surface area contributed by atoms with E-state index in [2.05, 4.69) is 0 Å². The number of halogens is 1. The van der Waals surface area contributed by atoms with Gasteiger partial charge in [0.25, 0.3) is 0 Å². The van der Waals surface area contributed by atoms with Crippen LogP contribution in [-0.4, -0.2) is 17.7 Å². The maximum absolute atomic E-state index is 13.0. The molecule has 1 rings (SSSR count). The lowest BCUT2D eigenvalue weighted by Crippen LogP contribution is -2.05. The quantitative estimate of drug-likeness (QED) is 0.804. The van der Waals surface area contributed by atoms with Gasteiger partial charge < -0.3 is 9.84 Å². The summed E-state index contributed by atoms with van der Waals surface area (Å²) < 4.78 is 18.1. The molecule has 0 unspecified atom stereocenters. The van der Waals surface area contributed by atoms with Crippen LogP contribution in [0.2, 0.25) is 0 Å². The lowest BCUT2D eigenvalue weighted by molar-refractivity contribution is -0.137.